The summed E-state index contributed by atoms with van der Waals surface area (Å²) in [5.74, 6) is 0.483. The predicted molar refractivity (Wildman–Crippen MR) is 103 cm³/mol. The lowest BCUT2D eigenvalue weighted by Gasteiger charge is -2.09. The number of carbonyl (C=O) groups is 2. The van der Waals surface area contributed by atoms with Gasteiger partial charge in [0.1, 0.15) is 0 Å². The Morgan fingerprint density at radius 2 is 1.64 bits per heavy atom. The van der Waals surface area contributed by atoms with Crippen molar-refractivity contribution in [2.24, 2.45) is 5.92 Å². The Morgan fingerprint density at radius 1 is 0.960 bits per heavy atom. The summed E-state index contributed by atoms with van der Waals surface area (Å²) in [4.78, 5) is 24.4. The molecule has 2 aromatic carbocycles. The van der Waals surface area contributed by atoms with Gasteiger partial charge in [0, 0.05) is 24.1 Å². The van der Waals surface area contributed by atoms with Crippen LogP contribution in [0.3, 0.4) is 0 Å². The van der Waals surface area contributed by atoms with Gasteiger partial charge in [-0.1, -0.05) is 63.2 Å². The van der Waals surface area contributed by atoms with Crippen molar-refractivity contribution < 1.29 is 9.59 Å². The Hall–Kier alpha value is -2.42. The lowest BCUT2D eigenvalue weighted by molar-refractivity contribution is -0.116. The van der Waals surface area contributed by atoms with Gasteiger partial charge in [-0.2, -0.15) is 0 Å². The van der Waals surface area contributed by atoms with Gasteiger partial charge in [0.25, 0.3) is 0 Å². The maximum absolute atomic E-state index is 12.3. The SMILES string of the molecule is CCc1ccccc1NC(=O)CCC(=O)c1ccc(CC(C)C)cc1. The zero-order valence-corrected chi connectivity index (χ0v) is 15.3. The number of carbonyl (C=O) groups excluding carboxylic acids is 2. The summed E-state index contributed by atoms with van der Waals surface area (Å²) in [6, 6.07) is 15.5. The molecule has 1 amide bonds. The molecular weight excluding hydrogens is 310 g/mol. The maximum Gasteiger partial charge on any atom is 0.224 e. The molecule has 0 aliphatic rings. The van der Waals surface area contributed by atoms with Gasteiger partial charge in [-0.15, -0.1) is 0 Å². The first-order chi connectivity index (χ1) is 12.0. The van der Waals surface area contributed by atoms with Crippen molar-refractivity contribution in [3.05, 3.63) is 65.2 Å². The van der Waals surface area contributed by atoms with Gasteiger partial charge in [0.05, 0.1) is 0 Å². The molecule has 0 unspecified atom stereocenters. The Morgan fingerprint density at radius 3 is 2.28 bits per heavy atom. The van der Waals surface area contributed by atoms with Gasteiger partial charge in [-0.25, -0.2) is 0 Å². The van der Waals surface area contributed by atoms with Crippen LogP contribution < -0.4 is 5.32 Å². The van der Waals surface area contributed by atoms with Crippen molar-refractivity contribution in [2.45, 2.75) is 46.5 Å². The van der Waals surface area contributed by atoms with Gasteiger partial charge >= 0.3 is 0 Å². The fourth-order valence-corrected chi connectivity index (χ4v) is 2.83. The van der Waals surface area contributed by atoms with E-state index in [4.69, 9.17) is 0 Å². The molecule has 0 radical (unpaired) electrons. The van der Waals surface area contributed by atoms with Crippen LogP contribution >= 0.6 is 0 Å². The van der Waals surface area contributed by atoms with Crippen molar-refractivity contribution in [1.29, 1.82) is 0 Å². The molecule has 0 atom stereocenters. The van der Waals surface area contributed by atoms with E-state index in [-0.39, 0.29) is 24.5 Å². The number of amides is 1. The van der Waals surface area contributed by atoms with Crippen LogP contribution in [0.25, 0.3) is 0 Å². The van der Waals surface area contributed by atoms with Crippen LogP contribution in [0.5, 0.6) is 0 Å². The van der Waals surface area contributed by atoms with E-state index in [1.807, 2.05) is 48.5 Å². The third-order valence-electron chi connectivity index (χ3n) is 4.17. The minimum Gasteiger partial charge on any atom is -0.326 e. The summed E-state index contributed by atoms with van der Waals surface area (Å²) >= 11 is 0. The third kappa shape index (κ3) is 5.86. The molecule has 0 fully saturated rings. The highest BCUT2D eigenvalue weighted by molar-refractivity contribution is 6.00. The standard InChI is InChI=1S/C22H27NO2/c1-4-18-7-5-6-8-20(18)23-22(25)14-13-21(24)19-11-9-17(10-12-19)15-16(2)3/h5-12,16H,4,13-15H2,1-3H3,(H,23,25). The number of hydrogen-bond donors (Lipinski definition) is 1. The number of aryl methyl sites for hydroxylation is 1. The number of hydrogen-bond acceptors (Lipinski definition) is 2. The average Bonchev–Trinajstić information content (AvgIpc) is 2.60. The molecule has 0 bridgehead atoms. The summed E-state index contributed by atoms with van der Waals surface area (Å²) < 4.78 is 0. The second kappa shape index (κ2) is 9.16. The normalized spacial score (nSPS) is 10.7. The number of ketones is 1. The van der Waals surface area contributed by atoms with Crippen molar-refractivity contribution in [2.75, 3.05) is 5.32 Å². The Labute approximate surface area is 150 Å². The van der Waals surface area contributed by atoms with Crippen molar-refractivity contribution in [3.63, 3.8) is 0 Å². The fraction of sp³-hybridized carbons (Fsp3) is 0.364. The van der Waals surface area contributed by atoms with E-state index in [0.717, 1.165) is 24.1 Å². The van der Waals surface area contributed by atoms with Gasteiger partial charge in [-0.3, -0.25) is 9.59 Å². The molecule has 2 rings (SSSR count). The van der Waals surface area contributed by atoms with Crippen molar-refractivity contribution in [1.82, 2.24) is 0 Å². The van der Waals surface area contributed by atoms with Crippen molar-refractivity contribution >= 4 is 17.4 Å². The highest BCUT2D eigenvalue weighted by Gasteiger charge is 2.11. The summed E-state index contributed by atoms with van der Waals surface area (Å²) in [5, 5.41) is 2.91. The number of rotatable bonds is 8. The zero-order chi connectivity index (χ0) is 18.2. The van der Waals surface area contributed by atoms with Gasteiger partial charge in [-0.05, 0) is 36.0 Å². The number of para-hydroxylation sites is 1. The zero-order valence-electron chi connectivity index (χ0n) is 15.3. The largest absolute Gasteiger partial charge is 0.326 e. The molecule has 0 saturated carbocycles. The van der Waals surface area contributed by atoms with Gasteiger partial charge < -0.3 is 5.32 Å². The minimum atomic E-state index is -0.120. The minimum absolute atomic E-state index is 0.00928. The van der Waals surface area contributed by atoms with E-state index in [1.54, 1.807) is 0 Å². The van der Waals surface area contributed by atoms with Crippen LogP contribution in [0, 0.1) is 5.92 Å². The molecule has 0 saturated heterocycles. The highest BCUT2D eigenvalue weighted by atomic mass is 16.2. The van der Waals surface area contributed by atoms with E-state index in [1.165, 1.54) is 5.56 Å². The predicted octanol–water partition coefficient (Wildman–Crippen LogP) is 5.05. The summed E-state index contributed by atoms with van der Waals surface area (Å²) in [5.41, 5.74) is 3.85. The molecule has 0 aliphatic heterocycles. The van der Waals surface area contributed by atoms with E-state index in [9.17, 15) is 9.59 Å². The highest BCUT2D eigenvalue weighted by Crippen LogP contribution is 2.16. The lowest BCUT2D eigenvalue weighted by Crippen LogP contribution is -2.14. The van der Waals surface area contributed by atoms with Crippen LogP contribution in [-0.4, -0.2) is 11.7 Å². The van der Waals surface area contributed by atoms with Crippen molar-refractivity contribution in [3.8, 4) is 0 Å². The average molecular weight is 337 g/mol. The van der Waals surface area contributed by atoms with Crippen LogP contribution in [0.1, 0.15) is 55.1 Å². The van der Waals surface area contributed by atoms with Crippen LogP contribution in [0.15, 0.2) is 48.5 Å². The fourth-order valence-electron chi connectivity index (χ4n) is 2.83. The summed E-state index contributed by atoms with van der Waals surface area (Å²) in [7, 11) is 0. The first-order valence-corrected chi connectivity index (χ1v) is 8.99. The van der Waals surface area contributed by atoms with Gasteiger partial charge in [0.15, 0.2) is 5.78 Å². The van der Waals surface area contributed by atoms with Crippen LogP contribution in [0.4, 0.5) is 5.69 Å². The Balaban J connectivity index is 1.87. The number of nitrogens with one attached hydrogen (secondary N) is 1. The summed E-state index contributed by atoms with van der Waals surface area (Å²) in [6.07, 6.45) is 2.29. The molecule has 2 aromatic rings. The maximum atomic E-state index is 12.3. The molecular formula is C22H27NO2. The number of benzene rings is 2. The van der Waals surface area contributed by atoms with E-state index in [0.29, 0.717) is 11.5 Å². The summed E-state index contributed by atoms with van der Waals surface area (Å²) in [6.45, 7) is 6.40. The molecule has 3 heteroatoms. The first-order valence-electron chi connectivity index (χ1n) is 8.99. The number of Topliss-reactive ketones (excluding diaryl/α,β-unsaturated/α-hetero) is 1. The van der Waals surface area contributed by atoms with E-state index in [2.05, 4.69) is 26.1 Å². The molecule has 25 heavy (non-hydrogen) atoms. The smallest absolute Gasteiger partial charge is 0.224 e. The Bertz CT molecular complexity index is 717. The molecule has 0 heterocycles. The topological polar surface area (TPSA) is 46.2 Å². The quantitative estimate of drug-likeness (QED) is 0.685. The van der Waals surface area contributed by atoms with E-state index >= 15 is 0 Å². The molecule has 0 aromatic heterocycles. The molecule has 1 N–H and O–H groups in total. The second-order valence-corrected chi connectivity index (χ2v) is 6.78. The Kier molecular flexibility index (Phi) is 6.93. The second-order valence-electron chi connectivity index (χ2n) is 6.78. The van der Waals surface area contributed by atoms with Crippen LogP contribution in [-0.2, 0) is 17.6 Å². The molecule has 132 valence electrons. The molecule has 0 spiro atoms. The van der Waals surface area contributed by atoms with E-state index < -0.39 is 0 Å². The third-order valence-corrected chi connectivity index (χ3v) is 4.17. The molecule has 3 nitrogen and oxygen atoms in total. The molecule has 0 aliphatic carbocycles. The van der Waals surface area contributed by atoms with Gasteiger partial charge in [0.2, 0.25) is 5.91 Å². The first kappa shape index (κ1) is 18.9. The monoisotopic (exact) mass is 337 g/mol. The lowest BCUT2D eigenvalue weighted by atomic mass is 9.99. The number of anilines is 1. The van der Waals surface area contributed by atoms with Crippen LogP contribution in [0.2, 0.25) is 0 Å².